The Morgan fingerprint density at radius 2 is 2.04 bits per heavy atom. The Labute approximate surface area is 153 Å². The monoisotopic (exact) mass is 359 g/mol. The number of benzene rings is 1. The number of anilines is 1. The van der Waals surface area contributed by atoms with Crippen LogP contribution in [0.3, 0.4) is 0 Å². The van der Waals surface area contributed by atoms with Crippen molar-refractivity contribution in [3.63, 3.8) is 0 Å². The number of tetrazole rings is 1. The highest BCUT2D eigenvalue weighted by Gasteiger charge is 2.32. The maximum absolute atomic E-state index is 13.2. The third kappa shape index (κ3) is 3.56. The minimum absolute atomic E-state index is 0.105. The van der Waals surface area contributed by atoms with Crippen LogP contribution in [0.25, 0.3) is 0 Å². The van der Waals surface area contributed by atoms with Crippen LogP contribution in [0, 0.1) is 0 Å². The summed E-state index contributed by atoms with van der Waals surface area (Å²) < 4.78 is 1.77. The van der Waals surface area contributed by atoms with Gasteiger partial charge >= 0.3 is 0 Å². The standard InChI is InChI=1S/C18H25N5OS/c1-12-10-11-14-8-6-7-9-15(14)22(12)16(24)13(2)25-17-19-20-21-23(17)18(3,4)5/h6-9,12-13H,10-11H2,1-5H3. The molecular formula is C18H25N5OS. The fourth-order valence-corrected chi connectivity index (χ4v) is 4.13. The smallest absolute Gasteiger partial charge is 0.240 e. The van der Waals surface area contributed by atoms with Gasteiger partial charge in [-0.25, -0.2) is 4.68 Å². The van der Waals surface area contributed by atoms with Crippen molar-refractivity contribution in [1.29, 1.82) is 0 Å². The normalized spacial score (nSPS) is 18.8. The van der Waals surface area contributed by atoms with Gasteiger partial charge in [0.25, 0.3) is 0 Å². The van der Waals surface area contributed by atoms with Crippen LogP contribution in [0.4, 0.5) is 5.69 Å². The molecule has 0 saturated carbocycles. The Morgan fingerprint density at radius 1 is 1.32 bits per heavy atom. The van der Waals surface area contributed by atoms with Gasteiger partial charge in [-0.15, -0.1) is 5.10 Å². The van der Waals surface area contributed by atoms with Crippen molar-refractivity contribution in [2.45, 2.75) is 69.4 Å². The van der Waals surface area contributed by atoms with Crippen LogP contribution in [0.1, 0.15) is 46.6 Å². The number of para-hydroxylation sites is 1. The van der Waals surface area contributed by atoms with E-state index < -0.39 is 0 Å². The van der Waals surface area contributed by atoms with Crippen LogP contribution in [-0.4, -0.2) is 37.4 Å². The molecule has 1 aliphatic rings. The molecule has 7 heteroatoms. The molecule has 0 radical (unpaired) electrons. The summed E-state index contributed by atoms with van der Waals surface area (Å²) in [5.74, 6) is 0.105. The minimum Gasteiger partial charge on any atom is -0.308 e. The molecule has 134 valence electrons. The molecule has 1 amide bonds. The summed E-state index contributed by atoms with van der Waals surface area (Å²) >= 11 is 1.42. The highest BCUT2D eigenvalue weighted by atomic mass is 32.2. The molecule has 25 heavy (non-hydrogen) atoms. The van der Waals surface area contributed by atoms with Crippen molar-refractivity contribution in [2.24, 2.45) is 0 Å². The highest BCUT2D eigenvalue weighted by Crippen LogP contribution is 2.33. The van der Waals surface area contributed by atoms with Crippen LogP contribution in [0.15, 0.2) is 29.4 Å². The highest BCUT2D eigenvalue weighted by molar-refractivity contribution is 8.00. The number of amides is 1. The number of aryl methyl sites for hydroxylation is 1. The number of hydrogen-bond donors (Lipinski definition) is 0. The third-order valence-electron chi connectivity index (χ3n) is 4.47. The quantitative estimate of drug-likeness (QED) is 0.787. The van der Waals surface area contributed by atoms with E-state index in [0.29, 0.717) is 5.16 Å². The largest absolute Gasteiger partial charge is 0.308 e. The lowest BCUT2D eigenvalue weighted by atomic mass is 9.96. The van der Waals surface area contributed by atoms with Gasteiger partial charge in [0.2, 0.25) is 11.1 Å². The fourth-order valence-electron chi connectivity index (χ4n) is 3.10. The Hall–Kier alpha value is -1.89. The zero-order valence-corrected chi connectivity index (χ0v) is 16.2. The maximum Gasteiger partial charge on any atom is 0.240 e. The second kappa shape index (κ2) is 6.78. The van der Waals surface area contributed by atoms with E-state index in [4.69, 9.17) is 0 Å². The number of rotatable bonds is 3. The van der Waals surface area contributed by atoms with Crippen LogP contribution >= 0.6 is 11.8 Å². The van der Waals surface area contributed by atoms with Crippen LogP contribution in [0.5, 0.6) is 0 Å². The third-order valence-corrected chi connectivity index (χ3v) is 5.49. The number of thioether (sulfide) groups is 1. The summed E-state index contributed by atoms with van der Waals surface area (Å²) in [5.41, 5.74) is 2.05. The molecule has 0 fully saturated rings. The van der Waals surface area contributed by atoms with E-state index in [-0.39, 0.29) is 22.7 Å². The average Bonchev–Trinajstić information content (AvgIpc) is 3.02. The summed E-state index contributed by atoms with van der Waals surface area (Å²) in [4.78, 5) is 15.1. The Morgan fingerprint density at radius 3 is 2.76 bits per heavy atom. The van der Waals surface area contributed by atoms with E-state index in [1.54, 1.807) is 4.68 Å². The van der Waals surface area contributed by atoms with E-state index in [1.165, 1.54) is 17.3 Å². The fraction of sp³-hybridized carbons (Fsp3) is 0.556. The van der Waals surface area contributed by atoms with Crippen LogP contribution in [-0.2, 0) is 16.8 Å². The molecular weight excluding hydrogens is 334 g/mol. The van der Waals surface area contributed by atoms with Crippen molar-refractivity contribution in [3.05, 3.63) is 29.8 Å². The Bertz CT molecular complexity index is 767. The predicted octanol–water partition coefficient (Wildman–Crippen LogP) is 3.28. The lowest BCUT2D eigenvalue weighted by Gasteiger charge is -2.36. The number of hydrogen-bond acceptors (Lipinski definition) is 5. The number of fused-ring (bicyclic) bond motifs is 1. The zero-order chi connectivity index (χ0) is 18.2. The van der Waals surface area contributed by atoms with E-state index in [1.807, 2.05) is 50.8 Å². The summed E-state index contributed by atoms with van der Waals surface area (Å²) in [6.07, 6.45) is 2.00. The second-order valence-electron chi connectivity index (χ2n) is 7.53. The van der Waals surface area contributed by atoms with Crippen LogP contribution < -0.4 is 4.90 Å². The summed E-state index contributed by atoms with van der Waals surface area (Å²) in [6.45, 7) is 10.2. The molecule has 2 aromatic rings. The van der Waals surface area contributed by atoms with Crippen molar-refractivity contribution in [2.75, 3.05) is 4.90 Å². The first-order chi connectivity index (χ1) is 11.8. The molecule has 2 heterocycles. The first kappa shape index (κ1) is 17.9. The van der Waals surface area contributed by atoms with Gasteiger partial charge in [-0.3, -0.25) is 4.79 Å². The van der Waals surface area contributed by atoms with Gasteiger partial charge in [-0.1, -0.05) is 30.0 Å². The molecule has 1 aromatic carbocycles. The second-order valence-corrected chi connectivity index (χ2v) is 8.84. The average molecular weight is 359 g/mol. The number of aromatic nitrogens is 4. The van der Waals surface area contributed by atoms with Crippen LogP contribution in [0.2, 0.25) is 0 Å². The van der Waals surface area contributed by atoms with E-state index in [2.05, 4.69) is 28.5 Å². The molecule has 0 aliphatic carbocycles. The number of nitrogens with zero attached hydrogens (tertiary/aromatic N) is 5. The lowest BCUT2D eigenvalue weighted by molar-refractivity contribution is -0.118. The van der Waals surface area contributed by atoms with Crippen molar-refractivity contribution in [1.82, 2.24) is 20.2 Å². The first-order valence-electron chi connectivity index (χ1n) is 8.65. The molecule has 6 nitrogen and oxygen atoms in total. The van der Waals surface area contributed by atoms with Gasteiger partial charge in [0.05, 0.1) is 10.8 Å². The van der Waals surface area contributed by atoms with Gasteiger partial charge in [0.1, 0.15) is 0 Å². The van der Waals surface area contributed by atoms with Crippen molar-refractivity contribution >= 4 is 23.4 Å². The molecule has 3 rings (SSSR count). The summed E-state index contributed by atoms with van der Waals surface area (Å²) in [6, 6.07) is 8.38. The van der Waals surface area contributed by atoms with Gasteiger partial charge in [-0.2, -0.15) is 0 Å². The van der Waals surface area contributed by atoms with E-state index in [9.17, 15) is 4.79 Å². The van der Waals surface area contributed by atoms with Gasteiger partial charge < -0.3 is 4.90 Å². The zero-order valence-electron chi connectivity index (χ0n) is 15.4. The molecule has 0 spiro atoms. The van der Waals surface area contributed by atoms with Gasteiger partial charge in [0.15, 0.2) is 0 Å². The molecule has 2 unspecified atom stereocenters. The van der Waals surface area contributed by atoms with E-state index >= 15 is 0 Å². The topological polar surface area (TPSA) is 63.9 Å². The van der Waals surface area contributed by atoms with E-state index in [0.717, 1.165) is 18.5 Å². The Balaban J connectivity index is 1.83. The lowest BCUT2D eigenvalue weighted by Crippen LogP contribution is -2.45. The summed E-state index contributed by atoms with van der Waals surface area (Å²) in [7, 11) is 0. The molecule has 1 aliphatic heterocycles. The molecule has 0 bridgehead atoms. The molecule has 1 aromatic heterocycles. The molecule has 0 N–H and O–H groups in total. The Kier molecular flexibility index (Phi) is 4.86. The summed E-state index contributed by atoms with van der Waals surface area (Å²) in [5, 5.41) is 12.4. The maximum atomic E-state index is 13.2. The molecule has 2 atom stereocenters. The van der Waals surface area contributed by atoms with Gasteiger partial charge in [-0.05, 0) is 69.5 Å². The van der Waals surface area contributed by atoms with Crippen molar-refractivity contribution < 1.29 is 4.79 Å². The first-order valence-corrected chi connectivity index (χ1v) is 9.53. The predicted molar refractivity (Wildman–Crippen MR) is 99.8 cm³/mol. The SMILES string of the molecule is CC(Sc1nnnn1C(C)(C)C)C(=O)N1c2ccccc2CCC1C. The number of carbonyl (C=O) groups excluding carboxylic acids is 1. The molecule has 0 saturated heterocycles. The number of carbonyl (C=O) groups is 1. The van der Waals surface area contributed by atoms with Gasteiger partial charge in [0, 0.05) is 11.7 Å². The van der Waals surface area contributed by atoms with Crippen molar-refractivity contribution in [3.8, 4) is 0 Å². The minimum atomic E-state index is -0.263.